The number of halogens is 1. The summed E-state index contributed by atoms with van der Waals surface area (Å²) in [7, 11) is -3.99. The van der Waals surface area contributed by atoms with Crippen molar-refractivity contribution in [3.05, 3.63) is 53.6 Å². The van der Waals surface area contributed by atoms with Crippen LogP contribution in [0, 0.1) is 0 Å². The van der Waals surface area contributed by atoms with E-state index in [1.54, 1.807) is 31.2 Å². The van der Waals surface area contributed by atoms with Crippen LogP contribution in [0.3, 0.4) is 0 Å². The third-order valence-electron chi connectivity index (χ3n) is 4.78. The van der Waals surface area contributed by atoms with Crippen LogP contribution in [-0.4, -0.2) is 44.9 Å². The largest absolute Gasteiger partial charge is 0.454 e. The average Bonchev–Trinajstić information content (AvgIpc) is 2.85. The number of amides is 2. The molecule has 2 atom stereocenters. The lowest BCUT2D eigenvalue weighted by atomic mass is 10.1. The first-order valence-corrected chi connectivity index (χ1v) is 11.6. The molecule has 0 radical (unpaired) electrons. The van der Waals surface area contributed by atoms with Gasteiger partial charge in [-0.3, -0.25) is 14.4 Å². The molecule has 3 rings (SSSR count). The van der Waals surface area contributed by atoms with E-state index in [4.69, 9.17) is 16.3 Å². The van der Waals surface area contributed by atoms with Crippen molar-refractivity contribution in [2.24, 2.45) is 0 Å². The number of rotatable bonds is 6. The second kappa shape index (κ2) is 9.68. The van der Waals surface area contributed by atoms with Gasteiger partial charge in [-0.2, -0.15) is 4.72 Å². The summed E-state index contributed by atoms with van der Waals surface area (Å²) in [5.74, 6) is -1.69. The van der Waals surface area contributed by atoms with Crippen LogP contribution in [-0.2, 0) is 29.1 Å². The molecule has 1 unspecified atom stereocenters. The van der Waals surface area contributed by atoms with Gasteiger partial charge in [0, 0.05) is 17.5 Å². The Morgan fingerprint density at radius 3 is 2.56 bits per heavy atom. The van der Waals surface area contributed by atoms with Gasteiger partial charge in [-0.25, -0.2) is 8.42 Å². The Morgan fingerprint density at radius 2 is 1.88 bits per heavy atom. The zero-order valence-electron chi connectivity index (χ0n) is 17.4. The lowest BCUT2D eigenvalue weighted by Crippen LogP contribution is -2.44. The van der Waals surface area contributed by atoms with Crippen molar-refractivity contribution in [1.82, 2.24) is 4.72 Å². The van der Waals surface area contributed by atoms with Crippen LogP contribution in [0.2, 0.25) is 5.02 Å². The molecule has 0 bridgehead atoms. The van der Waals surface area contributed by atoms with E-state index in [0.29, 0.717) is 16.4 Å². The number of fused-ring (bicyclic) bond motifs is 1. The van der Waals surface area contributed by atoms with Gasteiger partial charge < -0.3 is 15.0 Å². The van der Waals surface area contributed by atoms with Gasteiger partial charge in [0.25, 0.3) is 5.91 Å². The van der Waals surface area contributed by atoms with E-state index in [-0.39, 0.29) is 17.2 Å². The number of hydrogen-bond donors (Lipinski definition) is 2. The van der Waals surface area contributed by atoms with Crippen LogP contribution >= 0.6 is 11.6 Å². The lowest BCUT2D eigenvalue weighted by Gasteiger charge is -2.27. The standard InChI is InChI=1S/C21H22ClN3O6S/c1-13-11-19(26)23-17-5-3-4-6-18(17)25(13)20(27)12-31-21(28)14(2)24-32(29,30)16-9-7-15(22)8-10-16/h3-10,13-14,24H,11-12H2,1-2H3,(H,23,26)/t13?,14-/m0/s1. The maximum atomic E-state index is 12.9. The number of sulfonamides is 1. The van der Waals surface area contributed by atoms with E-state index < -0.39 is 40.6 Å². The van der Waals surface area contributed by atoms with Crippen LogP contribution < -0.4 is 14.9 Å². The highest BCUT2D eigenvalue weighted by Gasteiger charge is 2.31. The number of carbonyl (C=O) groups excluding carboxylic acids is 3. The van der Waals surface area contributed by atoms with Crippen molar-refractivity contribution < 1.29 is 27.5 Å². The van der Waals surface area contributed by atoms with Gasteiger partial charge in [0.2, 0.25) is 15.9 Å². The molecule has 1 aliphatic rings. The fourth-order valence-corrected chi connectivity index (χ4v) is 4.58. The summed E-state index contributed by atoms with van der Waals surface area (Å²) < 4.78 is 32.1. The molecule has 32 heavy (non-hydrogen) atoms. The molecule has 0 spiro atoms. The molecule has 2 aromatic rings. The second-order valence-corrected chi connectivity index (χ2v) is 9.44. The monoisotopic (exact) mass is 479 g/mol. The summed E-state index contributed by atoms with van der Waals surface area (Å²) in [6.45, 7) is 2.41. The summed E-state index contributed by atoms with van der Waals surface area (Å²) >= 11 is 5.77. The maximum absolute atomic E-state index is 12.9. The minimum Gasteiger partial charge on any atom is -0.454 e. The molecule has 170 valence electrons. The van der Waals surface area contributed by atoms with Crippen molar-refractivity contribution in [2.45, 2.75) is 37.2 Å². The number of para-hydroxylation sites is 2. The van der Waals surface area contributed by atoms with Gasteiger partial charge in [0.15, 0.2) is 6.61 Å². The molecular weight excluding hydrogens is 458 g/mol. The predicted octanol–water partition coefficient (Wildman–Crippen LogP) is 2.31. The molecule has 0 saturated heterocycles. The number of nitrogens with zero attached hydrogens (tertiary/aromatic N) is 1. The fraction of sp³-hybridized carbons (Fsp3) is 0.286. The quantitative estimate of drug-likeness (QED) is 0.613. The lowest BCUT2D eigenvalue weighted by molar-refractivity contribution is -0.149. The van der Waals surface area contributed by atoms with Gasteiger partial charge in [0.1, 0.15) is 6.04 Å². The van der Waals surface area contributed by atoms with Crippen LogP contribution in [0.5, 0.6) is 0 Å². The SMILES string of the molecule is CC1CC(=O)Nc2ccccc2N1C(=O)COC(=O)[C@H](C)NS(=O)(=O)c1ccc(Cl)cc1. The molecule has 0 fully saturated rings. The Labute approximate surface area is 190 Å². The molecule has 2 amide bonds. The number of hydrogen-bond acceptors (Lipinski definition) is 6. The first-order valence-electron chi connectivity index (χ1n) is 9.74. The summed E-state index contributed by atoms with van der Waals surface area (Å²) in [5, 5.41) is 3.11. The van der Waals surface area contributed by atoms with Crippen LogP contribution in [0.4, 0.5) is 11.4 Å². The number of esters is 1. The zero-order valence-corrected chi connectivity index (χ0v) is 18.9. The van der Waals surface area contributed by atoms with E-state index in [2.05, 4.69) is 10.0 Å². The molecule has 1 heterocycles. The van der Waals surface area contributed by atoms with Crippen LogP contribution in [0.1, 0.15) is 20.3 Å². The molecule has 2 aromatic carbocycles. The molecule has 2 N–H and O–H groups in total. The fourth-order valence-electron chi connectivity index (χ4n) is 3.26. The number of anilines is 2. The predicted molar refractivity (Wildman–Crippen MR) is 119 cm³/mol. The Kier molecular flexibility index (Phi) is 7.17. The van der Waals surface area contributed by atoms with Gasteiger partial charge in [-0.15, -0.1) is 0 Å². The first kappa shape index (κ1) is 23.7. The highest BCUT2D eigenvalue weighted by molar-refractivity contribution is 7.89. The maximum Gasteiger partial charge on any atom is 0.324 e. The van der Waals surface area contributed by atoms with Gasteiger partial charge in [0.05, 0.1) is 16.3 Å². The molecule has 11 heteroatoms. The van der Waals surface area contributed by atoms with E-state index in [0.717, 1.165) is 0 Å². The van der Waals surface area contributed by atoms with E-state index >= 15 is 0 Å². The summed E-state index contributed by atoms with van der Waals surface area (Å²) in [6, 6.07) is 10.5. The summed E-state index contributed by atoms with van der Waals surface area (Å²) in [6.07, 6.45) is 0.0751. The van der Waals surface area contributed by atoms with Crippen molar-refractivity contribution in [3.63, 3.8) is 0 Å². The molecule has 9 nitrogen and oxygen atoms in total. The van der Waals surface area contributed by atoms with E-state index in [1.165, 1.54) is 36.1 Å². The van der Waals surface area contributed by atoms with E-state index in [1.807, 2.05) is 0 Å². The second-order valence-electron chi connectivity index (χ2n) is 7.29. The smallest absolute Gasteiger partial charge is 0.324 e. The van der Waals surface area contributed by atoms with E-state index in [9.17, 15) is 22.8 Å². The minimum absolute atomic E-state index is 0.0650. The Hall–Kier alpha value is -2.95. The van der Waals surface area contributed by atoms with Gasteiger partial charge in [-0.05, 0) is 50.2 Å². The number of carbonyl (C=O) groups is 3. The Balaban J connectivity index is 1.65. The van der Waals surface area contributed by atoms with Crippen molar-refractivity contribution in [1.29, 1.82) is 0 Å². The van der Waals surface area contributed by atoms with Crippen molar-refractivity contribution in [2.75, 3.05) is 16.8 Å². The Morgan fingerprint density at radius 1 is 1.22 bits per heavy atom. The van der Waals surface area contributed by atoms with Crippen molar-refractivity contribution in [3.8, 4) is 0 Å². The zero-order chi connectivity index (χ0) is 23.5. The van der Waals surface area contributed by atoms with Crippen LogP contribution in [0.15, 0.2) is 53.4 Å². The number of benzene rings is 2. The summed E-state index contributed by atoms with van der Waals surface area (Å²) in [4.78, 5) is 38.6. The molecule has 0 aliphatic carbocycles. The molecule has 0 aromatic heterocycles. The summed E-state index contributed by atoms with van der Waals surface area (Å²) in [5.41, 5.74) is 0.967. The highest BCUT2D eigenvalue weighted by atomic mass is 35.5. The highest BCUT2D eigenvalue weighted by Crippen LogP contribution is 2.31. The number of ether oxygens (including phenoxy) is 1. The Bertz CT molecular complexity index is 1140. The first-order chi connectivity index (χ1) is 15.1. The third-order valence-corrected chi connectivity index (χ3v) is 6.58. The van der Waals surface area contributed by atoms with Crippen LogP contribution in [0.25, 0.3) is 0 Å². The molecule has 0 saturated carbocycles. The van der Waals surface area contributed by atoms with Gasteiger partial charge in [-0.1, -0.05) is 23.7 Å². The molecule has 1 aliphatic heterocycles. The third kappa shape index (κ3) is 5.45. The van der Waals surface area contributed by atoms with Gasteiger partial charge >= 0.3 is 5.97 Å². The topological polar surface area (TPSA) is 122 Å². The average molecular weight is 480 g/mol. The normalized spacial score (nSPS) is 17.0. The van der Waals surface area contributed by atoms with Crippen molar-refractivity contribution >= 4 is 50.8 Å². The number of nitrogens with one attached hydrogen (secondary N) is 2. The molecular formula is C21H22ClN3O6S. The minimum atomic E-state index is -3.99.